The summed E-state index contributed by atoms with van der Waals surface area (Å²) in [5, 5.41) is 3.45. The summed E-state index contributed by atoms with van der Waals surface area (Å²) in [6.07, 6.45) is 4.48. The van der Waals surface area contributed by atoms with Gasteiger partial charge in [0.15, 0.2) is 0 Å². The van der Waals surface area contributed by atoms with Gasteiger partial charge in [-0.25, -0.2) is 0 Å². The first-order chi connectivity index (χ1) is 8.97. The second-order valence-corrected chi connectivity index (χ2v) is 6.78. The Hall–Kier alpha value is -0.800. The van der Waals surface area contributed by atoms with Crippen LogP contribution in [0.25, 0.3) is 0 Å². The molecule has 1 aliphatic heterocycles. The van der Waals surface area contributed by atoms with Crippen LogP contribution in [0.15, 0.2) is 16.7 Å². The molecule has 0 unspecified atom stereocenters. The van der Waals surface area contributed by atoms with E-state index in [-0.39, 0.29) is 0 Å². The van der Waals surface area contributed by atoms with E-state index in [1.807, 2.05) is 6.26 Å². The molecule has 1 N–H and O–H groups in total. The van der Waals surface area contributed by atoms with Gasteiger partial charge in [0.25, 0.3) is 0 Å². The van der Waals surface area contributed by atoms with Crippen LogP contribution in [0.4, 0.5) is 0 Å². The lowest BCUT2D eigenvalue weighted by Gasteiger charge is -2.30. The molecule has 0 bridgehead atoms. The minimum absolute atomic E-state index is 0.322. The normalized spacial score (nSPS) is 19.4. The summed E-state index contributed by atoms with van der Waals surface area (Å²) in [5.41, 5.74) is 1.58. The molecule has 1 saturated heterocycles. The van der Waals surface area contributed by atoms with Gasteiger partial charge in [-0.05, 0) is 51.8 Å². The molecule has 1 aromatic heterocycles. The predicted octanol–water partition coefficient (Wildman–Crippen LogP) is 3.40. The van der Waals surface area contributed by atoms with Crippen LogP contribution in [-0.4, -0.2) is 23.5 Å². The van der Waals surface area contributed by atoms with Gasteiger partial charge >= 0.3 is 0 Å². The molecule has 0 atom stereocenters. The Morgan fingerprint density at radius 1 is 1.42 bits per heavy atom. The van der Waals surface area contributed by atoms with E-state index in [2.05, 4.69) is 44.0 Å². The topological polar surface area (TPSA) is 28.4 Å². The summed E-state index contributed by atoms with van der Waals surface area (Å²) in [4.78, 5) is 2.52. The molecule has 2 rings (SSSR count). The highest BCUT2D eigenvalue weighted by Crippen LogP contribution is 2.29. The zero-order chi connectivity index (χ0) is 13.9. The highest BCUT2D eigenvalue weighted by molar-refractivity contribution is 5.13. The van der Waals surface area contributed by atoms with Crippen LogP contribution in [0.3, 0.4) is 0 Å². The third kappa shape index (κ3) is 4.08. The first-order valence-electron chi connectivity index (χ1n) is 7.49. The molecule has 0 saturated carbocycles. The van der Waals surface area contributed by atoms with Crippen molar-refractivity contribution in [1.82, 2.24) is 10.2 Å². The van der Waals surface area contributed by atoms with Gasteiger partial charge in [-0.3, -0.25) is 4.90 Å². The highest BCUT2D eigenvalue weighted by Gasteiger charge is 2.32. The van der Waals surface area contributed by atoms with E-state index in [0.717, 1.165) is 25.4 Å². The first kappa shape index (κ1) is 14.6. The maximum atomic E-state index is 5.70. The molecule has 0 aliphatic carbocycles. The minimum atomic E-state index is 0.322. The fraction of sp³-hybridized carbons (Fsp3) is 0.750. The average molecular weight is 264 g/mol. The third-order valence-electron chi connectivity index (χ3n) is 4.01. The Bertz CT molecular complexity index is 395. The number of hydrogen-bond donors (Lipinski definition) is 1. The summed E-state index contributed by atoms with van der Waals surface area (Å²) >= 11 is 0. The van der Waals surface area contributed by atoms with Gasteiger partial charge in [-0.15, -0.1) is 0 Å². The van der Waals surface area contributed by atoms with Gasteiger partial charge < -0.3 is 9.73 Å². The van der Waals surface area contributed by atoms with Crippen molar-refractivity contribution in [3.63, 3.8) is 0 Å². The largest absolute Gasteiger partial charge is 0.468 e. The van der Waals surface area contributed by atoms with Crippen LogP contribution in [-0.2, 0) is 13.1 Å². The lowest BCUT2D eigenvalue weighted by atomic mass is 10.0. The van der Waals surface area contributed by atoms with Crippen LogP contribution in [0, 0.1) is 5.92 Å². The molecule has 3 nitrogen and oxygen atoms in total. The molecule has 0 spiro atoms. The summed E-state index contributed by atoms with van der Waals surface area (Å²) in [5.74, 6) is 1.79. The van der Waals surface area contributed by atoms with Crippen LogP contribution in [0.5, 0.6) is 0 Å². The van der Waals surface area contributed by atoms with Crippen molar-refractivity contribution in [2.24, 2.45) is 5.92 Å². The maximum absolute atomic E-state index is 5.70. The number of rotatable bonds is 6. The number of nitrogens with zero attached hydrogens (tertiary/aromatic N) is 1. The monoisotopic (exact) mass is 264 g/mol. The van der Waals surface area contributed by atoms with Crippen molar-refractivity contribution < 1.29 is 4.42 Å². The molecule has 0 amide bonds. The maximum Gasteiger partial charge on any atom is 0.118 e. The van der Waals surface area contributed by atoms with Gasteiger partial charge in [0.2, 0.25) is 0 Å². The van der Waals surface area contributed by atoms with E-state index in [1.54, 1.807) is 0 Å². The van der Waals surface area contributed by atoms with Crippen molar-refractivity contribution in [2.75, 3.05) is 13.1 Å². The van der Waals surface area contributed by atoms with Crippen LogP contribution < -0.4 is 5.32 Å². The number of furan rings is 1. The van der Waals surface area contributed by atoms with Gasteiger partial charge in [0, 0.05) is 17.6 Å². The number of hydrogen-bond acceptors (Lipinski definition) is 3. The Morgan fingerprint density at radius 3 is 2.84 bits per heavy atom. The molecule has 1 aliphatic rings. The number of nitrogens with one attached hydrogen (secondary N) is 1. The SMILES string of the molecule is CC(C)CNCc1coc(CN2CCCC2(C)C)c1. The molecule has 1 fully saturated rings. The summed E-state index contributed by atoms with van der Waals surface area (Å²) in [6, 6.07) is 2.20. The second-order valence-electron chi connectivity index (χ2n) is 6.78. The molecule has 0 radical (unpaired) electrons. The van der Waals surface area contributed by atoms with Crippen molar-refractivity contribution in [2.45, 2.75) is 59.2 Å². The standard InChI is InChI=1S/C16H28N2O/c1-13(2)9-17-10-14-8-15(19-12-14)11-18-7-5-6-16(18,3)4/h8,12-13,17H,5-7,9-11H2,1-4H3. The lowest BCUT2D eigenvalue weighted by Crippen LogP contribution is -2.37. The number of likely N-dealkylation sites (tertiary alicyclic amines) is 1. The van der Waals surface area contributed by atoms with Gasteiger partial charge in [-0.2, -0.15) is 0 Å². The van der Waals surface area contributed by atoms with Crippen molar-refractivity contribution in [3.05, 3.63) is 23.7 Å². The van der Waals surface area contributed by atoms with Crippen molar-refractivity contribution in [3.8, 4) is 0 Å². The molecule has 3 heteroatoms. The van der Waals surface area contributed by atoms with Crippen molar-refractivity contribution >= 4 is 0 Å². The van der Waals surface area contributed by atoms with Crippen LogP contribution in [0.1, 0.15) is 51.9 Å². The first-order valence-corrected chi connectivity index (χ1v) is 7.49. The summed E-state index contributed by atoms with van der Waals surface area (Å²) in [6.45, 7) is 13.2. The Balaban J connectivity index is 1.84. The zero-order valence-corrected chi connectivity index (χ0v) is 12.8. The van der Waals surface area contributed by atoms with E-state index in [4.69, 9.17) is 4.42 Å². The molecule has 0 aromatic carbocycles. The predicted molar refractivity (Wildman–Crippen MR) is 79.0 cm³/mol. The summed E-state index contributed by atoms with van der Waals surface area (Å²) < 4.78 is 5.70. The zero-order valence-electron chi connectivity index (χ0n) is 12.8. The lowest BCUT2D eigenvalue weighted by molar-refractivity contribution is 0.154. The van der Waals surface area contributed by atoms with Crippen molar-refractivity contribution in [1.29, 1.82) is 0 Å². The molecule has 1 aromatic rings. The van der Waals surface area contributed by atoms with Gasteiger partial charge in [0.1, 0.15) is 5.76 Å². The molecule has 108 valence electrons. The Morgan fingerprint density at radius 2 is 2.21 bits per heavy atom. The Labute approximate surface area is 117 Å². The third-order valence-corrected chi connectivity index (χ3v) is 4.01. The van der Waals surface area contributed by atoms with Crippen LogP contribution in [0.2, 0.25) is 0 Å². The quantitative estimate of drug-likeness (QED) is 0.853. The smallest absolute Gasteiger partial charge is 0.118 e. The van der Waals surface area contributed by atoms with E-state index in [9.17, 15) is 0 Å². The second kappa shape index (κ2) is 6.10. The van der Waals surface area contributed by atoms with Gasteiger partial charge in [0.05, 0.1) is 12.8 Å². The van der Waals surface area contributed by atoms with Gasteiger partial charge in [-0.1, -0.05) is 13.8 Å². The average Bonchev–Trinajstić information content (AvgIpc) is 2.87. The molecular weight excluding hydrogens is 236 g/mol. The van der Waals surface area contributed by atoms with E-state index in [0.29, 0.717) is 11.5 Å². The molecule has 2 heterocycles. The van der Waals surface area contributed by atoms with E-state index in [1.165, 1.54) is 24.9 Å². The van der Waals surface area contributed by atoms with Crippen LogP contribution >= 0.6 is 0 Å². The van der Waals surface area contributed by atoms with E-state index >= 15 is 0 Å². The fourth-order valence-corrected chi connectivity index (χ4v) is 2.75. The highest BCUT2D eigenvalue weighted by atomic mass is 16.3. The Kier molecular flexibility index (Phi) is 4.69. The fourth-order valence-electron chi connectivity index (χ4n) is 2.75. The molecular formula is C16H28N2O. The van der Waals surface area contributed by atoms with E-state index < -0.39 is 0 Å². The minimum Gasteiger partial charge on any atom is -0.468 e. The summed E-state index contributed by atoms with van der Waals surface area (Å²) in [7, 11) is 0. The molecule has 19 heavy (non-hydrogen) atoms.